The van der Waals surface area contributed by atoms with Crippen LogP contribution < -0.4 is 0 Å². The quantitative estimate of drug-likeness (QED) is 0.518. The van der Waals surface area contributed by atoms with Gasteiger partial charge < -0.3 is 4.57 Å². The highest BCUT2D eigenvalue weighted by Gasteiger charge is 2.25. The molecule has 0 saturated carbocycles. The highest BCUT2D eigenvalue weighted by Crippen LogP contribution is 2.22. The van der Waals surface area contributed by atoms with E-state index in [4.69, 9.17) is 0 Å². The monoisotopic (exact) mass is 426 g/mol. The van der Waals surface area contributed by atoms with E-state index in [-0.39, 0.29) is 22.9 Å². The molecule has 0 spiro atoms. The van der Waals surface area contributed by atoms with Crippen LogP contribution in [0.15, 0.2) is 66.1 Å². The summed E-state index contributed by atoms with van der Waals surface area (Å²) in [5.74, 6) is 0.116. The summed E-state index contributed by atoms with van der Waals surface area (Å²) in [6.07, 6.45) is 3.48. The molecule has 160 valence electrons. The van der Waals surface area contributed by atoms with Crippen molar-refractivity contribution in [3.05, 3.63) is 77.9 Å². The lowest BCUT2D eigenvalue weighted by Gasteiger charge is -2.25. The van der Waals surface area contributed by atoms with Crippen molar-refractivity contribution in [3.63, 3.8) is 0 Å². The SMILES string of the molecule is CC(C)CS(=O)(=O)c1ncc(CN(C)[C@@H](C)c2ccccn2)n1Cc1ccccc1. The van der Waals surface area contributed by atoms with Gasteiger partial charge in [0.2, 0.25) is 15.0 Å². The van der Waals surface area contributed by atoms with Crippen molar-refractivity contribution < 1.29 is 8.42 Å². The first kappa shape index (κ1) is 22.2. The van der Waals surface area contributed by atoms with E-state index < -0.39 is 9.84 Å². The van der Waals surface area contributed by atoms with Gasteiger partial charge in [0.1, 0.15) is 0 Å². The van der Waals surface area contributed by atoms with Gasteiger partial charge in [-0.05, 0) is 37.6 Å². The first-order valence-electron chi connectivity index (χ1n) is 10.2. The van der Waals surface area contributed by atoms with E-state index in [1.165, 1.54) is 0 Å². The average molecular weight is 427 g/mol. The molecule has 0 aliphatic heterocycles. The third kappa shape index (κ3) is 5.34. The molecule has 1 aromatic carbocycles. The van der Waals surface area contributed by atoms with Crippen molar-refractivity contribution in [2.75, 3.05) is 12.8 Å². The minimum Gasteiger partial charge on any atom is -0.313 e. The molecule has 7 heteroatoms. The molecule has 0 bridgehead atoms. The van der Waals surface area contributed by atoms with Gasteiger partial charge in [0, 0.05) is 18.8 Å². The van der Waals surface area contributed by atoms with Crippen LogP contribution in [-0.4, -0.2) is 40.7 Å². The summed E-state index contributed by atoms with van der Waals surface area (Å²) in [6, 6.07) is 15.8. The summed E-state index contributed by atoms with van der Waals surface area (Å²) in [4.78, 5) is 11.0. The van der Waals surface area contributed by atoms with Gasteiger partial charge in [-0.2, -0.15) is 0 Å². The molecule has 30 heavy (non-hydrogen) atoms. The molecule has 0 amide bonds. The van der Waals surface area contributed by atoms with Crippen LogP contribution in [0.25, 0.3) is 0 Å². The Morgan fingerprint density at radius 2 is 1.70 bits per heavy atom. The second-order valence-corrected chi connectivity index (χ2v) is 10.1. The van der Waals surface area contributed by atoms with E-state index in [1.54, 1.807) is 12.4 Å². The summed E-state index contributed by atoms with van der Waals surface area (Å²) in [6.45, 7) is 6.94. The molecule has 0 fully saturated rings. The second-order valence-electron chi connectivity index (χ2n) is 8.12. The van der Waals surface area contributed by atoms with E-state index in [9.17, 15) is 8.42 Å². The van der Waals surface area contributed by atoms with Gasteiger partial charge in [0.15, 0.2) is 0 Å². The zero-order valence-corrected chi connectivity index (χ0v) is 18.9. The molecule has 2 heterocycles. The maximum Gasteiger partial charge on any atom is 0.228 e. The molecule has 3 aromatic rings. The predicted octanol–water partition coefficient (Wildman–Crippen LogP) is 3.95. The number of pyridine rings is 1. The van der Waals surface area contributed by atoms with Gasteiger partial charge in [-0.1, -0.05) is 50.2 Å². The van der Waals surface area contributed by atoms with E-state index in [2.05, 4.69) is 21.8 Å². The third-order valence-electron chi connectivity index (χ3n) is 5.10. The Bertz CT molecular complexity index is 1050. The summed E-state index contributed by atoms with van der Waals surface area (Å²) in [7, 11) is -1.46. The number of hydrogen-bond acceptors (Lipinski definition) is 5. The van der Waals surface area contributed by atoms with Crippen LogP contribution >= 0.6 is 0 Å². The van der Waals surface area contributed by atoms with Crippen LogP contribution in [0.1, 0.15) is 43.8 Å². The Morgan fingerprint density at radius 3 is 2.33 bits per heavy atom. The number of aromatic nitrogens is 3. The predicted molar refractivity (Wildman–Crippen MR) is 119 cm³/mol. The number of imidazole rings is 1. The molecule has 1 atom stereocenters. The molecule has 0 N–H and O–H groups in total. The van der Waals surface area contributed by atoms with Gasteiger partial charge in [-0.3, -0.25) is 9.88 Å². The van der Waals surface area contributed by atoms with Crippen LogP contribution in [-0.2, 0) is 22.9 Å². The Kier molecular flexibility index (Phi) is 7.05. The van der Waals surface area contributed by atoms with Crippen LogP contribution in [0.5, 0.6) is 0 Å². The van der Waals surface area contributed by atoms with E-state index >= 15 is 0 Å². The fourth-order valence-electron chi connectivity index (χ4n) is 3.46. The highest BCUT2D eigenvalue weighted by molar-refractivity contribution is 7.91. The van der Waals surface area contributed by atoms with Gasteiger partial charge in [0.05, 0.1) is 29.9 Å². The van der Waals surface area contributed by atoms with E-state index in [0.717, 1.165) is 17.0 Å². The summed E-state index contributed by atoms with van der Waals surface area (Å²) in [5, 5.41) is 0.147. The normalized spacial score (nSPS) is 13.1. The van der Waals surface area contributed by atoms with Crippen molar-refractivity contribution in [1.29, 1.82) is 0 Å². The summed E-state index contributed by atoms with van der Waals surface area (Å²) < 4.78 is 27.8. The summed E-state index contributed by atoms with van der Waals surface area (Å²) >= 11 is 0. The van der Waals surface area contributed by atoms with Crippen molar-refractivity contribution in [2.24, 2.45) is 5.92 Å². The van der Waals surface area contributed by atoms with Gasteiger partial charge in [-0.15, -0.1) is 0 Å². The molecular formula is C23H30N4O2S. The molecule has 0 aliphatic carbocycles. The molecular weight excluding hydrogens is 396 g/mol. The molecule has 3 rings (SSSR count). The Balaban J connectivity index is 1.93. The van der Waals surface area contributed by atoms with Crippen LogP contribution in [0.3, 0.4) is 0 Å². The maximum atomic E-state index is 13.0. The largest absolute Gasteiger partial charge is 0.313 e. The number of rotatable bonds is 9. The van der Waals surface area contributed by atoms with Gasteiger partial charge in [-0.25, -0.2) is 13.4 Å². The minimum atomic E-state index is -3.48. The van der Waals surface area contributed by atoms with Crippen LogP contribution in [0, 0.1) is 5.92 Å². The lowest BCUT2D eigenvalue weighted by Crippen LogP contribution is -2.25. The van der Waals surface area contributed by atoms with Crippen molar-refractivity contribution in [2.45, 2.75) is 45.1 Å². The van der Waals surface area contributed by atoms with Gasteiger partial charge >= 0.3 is 0 Å². The number of hydrogen-bond donors (Lipinski definition) is 0. The molecule has 0 unspecified atom stereocenters. The fourth-order valence-corrected chi connectivity index (χ4v) is 5.21. The zero-order chi connectivity index (χ0) is 21.7. The zero-order valence-electron chi connectivity index (χ0n) is 18.1. The number of sulfone groups is 1. The van der Waals surface area contributed by atoms with Crippen molar-refractivity contribution in [3.8, 4) is 0 Å². The Hall–Kier alpha value is -2.51. The smallest absolute Gasteiger partial charge is 0.228 e. The van der Waals surface area contributed by atoms with Crippen LogP contribution in [0.4, 0.5) is 0 Å². The summed E-state index contributed by atoms with van der Waals surface area (Å²) in [5.41, 5.74) is 2.88. The van der Waals surface area contributed by atoms with E-state index in [1.807, 2.05) is 74.0 Å². The Labute approximate surface area is 179 Å². The fraction of sp³-hybridized carbons (Fsp3) is 0.391. The molecule has 0 aliphatic rings. The number of benzene rings is 1. The topological polar surface area (TPSA) is 68.1 Å². The maximum absolute atomic E-state index is 13.0. The second kappa shape index (κ2) is 9.53. The van der Waals surface area contributed by atoms with E-state index in [0.29, 0.717) is 13.1 Å². The third-order valence-corrected chi connectivity index (χ3v) is 7.09. The van der Waals surface area contributed by atoms with Crippen LogP contribution in [0.2, 0.25) is 0 Å². The van der Waals surface area contributed by atoms with Crippen molar-refractivity contribution >= 4 is 9.84 Å². The highest BCUT2D eigenvalue weighted by atomic mass is 32.2. The standard InChI is InChI=1S/C23H30N4O2S/c1-18(2)17-30(28,29)23-25-14-21(27(23)15-20-10-6-5-7-11-20)16-26(4)19(3)22-12-8-9-13-24-22/h5-14,18-19H,15-17H2,1-4H3/t19-/m0/s1. The minimum absolute atomic E-state index is 0.0344. The lowest BCUT2D eigenvalue weighted by molar-refractivity contribution is 0.242. The first-order chi connectivity index (χ1) is 14.3. The van der Waals surface area contributed by atoms with Gasteiger partial charge in [0.25, 0.3) is 0 Å². The van der Waals surface area contributed by atoms with Crippen molar-refractivity contribution in [1.82, 2.24) is 19.4 Å². The molecule has 0 saturated heterocycles. The lowest BCUT2D eigenvalue weighted by atomic mass is 10.2. The number of nitrogens with zero attached hydrogens (tertiary/aromatic N) is 4. The molecule has 6 nitrogen and oxygen atoms in total. The first-order valence-corrected chi connectivity index (χ1v) is 11.9. The average Bonchev–Trinajstić information content (AvgIpc) is 3.11. The molecule has 2 aromatic heterocycles. The molecule has 0 radical (unpaired) electrons. The Morgan fingerprint density at radius 1 is 1.00 bits per heavy atom.